The Hall–Kier alpha value is -2.21. The highest BCUT2D eigenvalue weighted by atomic mass is 35.5. The zero-order valence-corrected chi connectivity index (χ0v) is 11.5. The first-order valence-corrected chi connectivity index (χ1v) is 6.36. The summed E-state index contributed by atoms with van der Waals surface area (Å²) in [5.41, 5.74) is 0.651. The molecule has 1 heterocycles. The van der Waals surface area contributed by atoms with Crippen molar-refractivity contribution in [3.63, 3.8) is 0 Å². The molecule has 0 atom stereocenters. The van der Waals surface area contributed by atoms with E-state index in [4.69, 9.17) is 11.6 Å². The molecule has 21 heavy (non-hydrogen) atoms. The summed E-state index contributed by atoms with van der Waals surface area (Å²) < 4.78 is 28.9. The zero-order valence-electron chi connectivity index (χ0n) is 10.7. The largest absolute Gasteiger partial charge is 0.434 e. The van der Waals surface area contributed by atoms with E-state index < -0.39 is 12.5 Å². The van der Waals surface area contributed by atoms with E-state index in [1.807, 2.05) is 0 Å². The lowest BCUT2D eigenvalue weighted by Crippen LogP contribution is -2.23. The van der Waals surface area contributed by atoms with E-state index >= 15 is 0 Å². The fourth-order valence-electron chi connectivity index (χ4n) is 1.68. The number of amides is 1. The minimum absolute atomic E-state index is 0.0186. The Morgan fingerprint density at radius 3 is 2.81 bits per heavy atom. The number of nitrogens with one attached hydrogen (secondary N) is 1. The zero-order chi connectivity index (χ0) is 15.2. The highest BCUT2D eigenvalue weighted by molar-refractivity contribution is 6.33. The van der Waals surface area contributed by atoms with Crippen molar-refractivity contribution in [2.24, 2.45) is 0 Å². The van der Waals surface area contributed by atoms with Crippen molar-refractivity contribution in [1.82, 2.24) is 10.3 Å². The molecule has 2 rings (SSSR count). The summed E-state index contributed by atoms with van der Waals surface area (Å²) in [7, 11) is 0. The van der Waals surface area contributed by atoms with Crippen LogP contribution in [0.5, 0.6) is 5.75 Å². The second-order valence-corrected chi connectivity index (χ2v) is 4.43. The highest BCUT2D eigenvalue weighted by Gasteiger charge is 2.12. The van der Waals surface area contributed by atoms with Crippen LogP contribution in [0.2, 0.25) is 5.02 Å². The number of hydrogen-bond acceptors (Lipinski definition) is 3. The van der Waals surface area contributed by atoms with Gasteiger partial charge in [-0.3, -0.25) is 9.78 Å². The van der Waals surface area contributed by atoms with Crippen molar-refractivity contribution in [3.8, 4) is 5.75 Å². The molecule has 0 saturated heterocycles. The lowest BCUT2D eigenvalue weighted by atomic mass is 10.2. The molecule has 1 amide bonds. The van der Waals surface area contributed by atoms with Crippen LogP contribution in [0.25, 0.3) is 0 Å². The smallest absolute Gasteiger partial charge is 0.387 e. The average Bonchev–Trinajstić information content (AvgIpc) is 2.46. The maximum absolute atomic E-state index is 12.3. The summed E-state index contributed by atoms with van der Waals surface area (Å²) in [6, 6.07) is 7.72. The van der Waals surface area contributed by atoms with Gasteiger partial charge < -0.3 is 10.1 Å². The number of para-hydroxylation sites is 1. The number of carbonyl (C=O) groups excluding carboxylic acids is 1. The molecule has 7 heteroatoms. The van der Waals surface area contributed by atoms with Crippen molar-refractivity contribution in [1.29, 1.82) is 0 Å². The number of aromatic nitrogens is 1. The lowest BCUT2D eigenvalue weighted by molar-refractivity contribution is -0.0504. The van der Waals surface area contributed by atoms with Crippen molar-refractivity contribution < 1.29 is 18.3 Å². The van der Waals surface area contributed by atoms with Crippen LogP contribution in [-0.4, -0.2) is 17.5 Å². The summed E-state index contributed by atoms with van der Waals surface area (Å²) in [5.74, 6) is -0.426. The topological polar surface area (TPSA) is 51.2 Å². The molecular weight excluding hydrogens is 302 g/mol. The van der Waals surface area contributed by atoms with E-state index in [2.05, 4.69) is 15.0 Å². The van der Waals surface area contributed by atoms with Crippen LogP contribution in [0, 0.1) is 0 Å². The van der Waals surface area contributed by atoms with Gasteiger partial charge in [0.15, 0.2) is 0 Å². The van der Waals surface area contributed by atoms with E-state index in [0.29, 0.717) is 5.56 Å². The van der Waals surface area contributed by atoms with E-state index in [-0.39, 0.29) is 22.9 Å². The molecular formula is C14H11ClF2N2O2. The summed E-state index contributed by atoms with van der Waals surface area (Å²) >= 11 is 5.88. The molecule has 110 valence electrons. The Bertz CT molecular complexity index is 638. The summed E-state index contributed by atoms with van der Waals surface area (Å²) in [4.78, 5) is 15.8. The standard InChI is InChI=1S/C14H11ClF2N2O2/c15-11-5-6-18-8-10(11)13(20)19-7-9-3-1-2-4-12(9)21-14(16)17/h1-6,8,14H,7H2,(H,19,20). The van der Waals surface area contributed by atoms with Crippen LogP contribution < -0.4 is 10.1 Å². The molecule has 4 nitrogen and oxygen atoms in total. The predicted octanol–water partition coefficient (Wildman–Crippen LogP) is 3.27. The maximum Gasteiger partial charge on any atom is 0.387 e. The second kappa shape index (κ2) is 6.99. The van der Waals surface area contributed by atoms with Gasteiger partial charge in [0.1, 0.15) is 5.75 Å². The van der Waals surface area contributed by atoms with Crippen LogP contribution in [0.4, 0.5) is 8.78 Å². The SMILES string of the molecule is O=C(NCc1ccccc1OC(F)F)c1cnccc1Cl. The van der Waals surface area contributed by atoms with Gasteiger partial charge in [0.25, 0.3) is 5.91 Å². The molecule has 1 aromatic carbocycles. The predicted molar refractivity (Wildman–Crippen MR) is 73.5 cm³/mol. The van der Waals surface area contributed by atoms with Gasteiger partial charge in [0.05, 0.1) is 10.6 Å². The molecule has 2 aromatic rings. The van der Waals surface area contributed by atoms with Crippen LogP contribution in [0.15, 0.2) is 42.7 Å². The summed E-state index contributed by atoms with van der Waals surface area (Å²) in [6.07, 6.45) is 2.80. The Kier molecular flexibility index (Phi) is 5.05. The Balaban J connectivity index is 2.07. The Morgan fingerprint density at radius 2 is 2.10 bits per heavy atom. The van der Waals surface area contributed by atoms with E-state index in [1.54, 1.807) is 18.2 Å². The number of ether oxygens (including phenoxy) is 1. The number of alkyl halides is 2. The van der Waals surface area contributed by atoms with E-state index in [9.17, 15) is 13.6 Å². The third kappa shape index (κ3) is 4.13. The highest BCUT2D eigenvalue weighted by Crippen LogP contribution is 2.20. The molecule has 0 saturated carbocycles. The normalized spacial score (nSPS) is 10.5. The number of halogens is 3. The molecule has 0 radical (unpaired) electrons. The third-order valence-corrected chi connectivity index (χ3v) is 2.97. The van der Waals surface area contributed by atoms with Crippen LogP contribution >= 0.6 is 11.6 Å². The first-order valence-electron chi connectivity index (χ1n) is 5.98. The minimum Gasteiger partial charge on any atom is -0.434 e. The van der Waals surface area contributed by atoms with Gasteiger partial charge in [-0.2, -0.15) is 8.78 Å². The Labute approximate surface area is 124 Å². The quantitative estimate of drug-likeness (QED) is 0.922. The number of hydrogen-bond donors (Lipinski definition) is 1. The molecule has 0 aliphatic rings. The van der Waals surface area contributed by atoms with E-state index in [0.717, 1.165) is 0 Å². The van der Waals surface area contributed by atoms with Crippen molar-refractivity contribution in [2.75, 3.05) is 0 Å². The van der Waals surface area contributed by atoms with Gasteiger partial charge in [-0.25, -0.2) is 0 Å². The van der Waals surface area contributed by atoms with E-state index in [1.165, 1.54) is 24.5 Å². The number of rotatable bonds is 5. The first kappa shape index (κ1) is 15.2. The molecule has 0 aliphatic heterocycles. The van der Waals surface area contributed by atoms with Crippen LogP contribution in [0.3, 0.4) is 0 Å². The summed E-state index contributed by atoms with van der Waals surface area (Å²) in [5, 5.41) is 2.84. The van der Waals surface area contributed by atoms with Gasteiger partial charge in [-0.1, -0.05) is 29.8 Å². The summed E-state index contributed by atoms with van der Waals surface area (Å²) in [6.45, 7) is -2.89. The van der Waals surface area contributed by atoms with Gasteiger partial charge in [0.2, 0.25) is 0 Å². The molecule has 0 bridgehead atoms. The van der Waals surface area contributed by atoms with Crippen molar-refractivity contribution in [3.05, 3.63) is 58.9 Å². The number of carbonyl (C=O) groups is 1. The van der Waals surface area contributed by atoms with Gasteiger partial charge in [-0.15, -0.1) is 0 Å². The lowest BCUT2D eigenvalue weighted by Gasteiger charge is -2.11. The number of nitrogens with zero attached hydrogens (tertiary/aromatic N) is 1. The third-order valence-electron chi connectivity index (χ3n) is 2.64. The minimum atomic E-state index is -2.92. The average molecular weight is 313 g/mol. The maximum atomic E-state index is 12.3. The molecule has 0 spiro atoms. The van der Waals surface area contributed by atoms with Gasteiger partial charge in [-0.05, 0) is 12.1 Å². The molecule has 0 aliphatic carbocycles. The number of pyridine rings is 1. The van der Waals surface area contributed by atoms with Crippen LogP contribution in [0.1, 0.15) is 15.9 Å². The molecule has 1 N–H and O–H groups in total. The monoisotopic (exact) mass is 312 g/mol. The van der Waals surface area contributed by atoms with Gasteiger partial charge >= 0.3 is 6.61 Å². The molecule has 0 unspecified atom stereocenters. The molecule has 1 aromatic heterocycles. The van der Waals surface area contributed by atoms with Crippen LogP contribution in [-0.2, 0) is 6.54 Å². The Morgan fingerprint density at radius 1 is 1.33 bits per heavy atom. The second-order valence-electron chi connectivity index (χ2n) is 4.02. The van der Waals surface area contributed by atoms with Gasteiger partial charge in [0, 0.05) is 24.5 Å². The van der Waals surface area contributed by atoms with Crippen molar-refractivity contribution >= 4 is 17.5 Å². The molecule has 0 fully saturated rings. The first-order chi connectivity index (χ1) is 10.1. The fraction of sp³-hybridized carbons (Fsp3) is 0.143. The van der Waals surface area contributed by atoms with Crippen molar-refractivity contribution in [2.45, 2.75) is 13.2 Å². The fourth-order valence-corrected chi connectivity index (χ4v) is 1.87. The number of benzene rings is 1.